The summed E-state index contributed by atoms with van der Waals surface area (Å²) in [5.41, 5.74) is 1.92. The van der Waals surface area contributed by atoms with Gasteiger partial charge in [-0.05, 0) is 30.8 Å². The number of hydrogen-bond donors (Lipinski definition) is 0. The molecule has 7 nitrogen and oxygen atoms in total. The number of anilines is 1. The predicted molar refractivity (Wildman–Crippen MR) is 96.4 cm³/mol. The van der Waals surface area contributed by atoms with Crippen molar-refractivity contribution < 1.29 is 18.0 Å². The third-order valence-corrected chi connectivity index (χ3v) is 5.17. The fourth-order valence-corrected chi connectivity index (χ4v) is 3.83. The monoisotopic (exact) mass is 414 g/mol. The van der Waals surface area contributed by atoms with Crippen LogP contribution in [0, 0.1) is 0 Å². The molecule has 3 heterocycles. The molecule has 0 aliphatic carbocycles. The summed E-state index contributed by atoms with van der Waals surface area (Å²) < 4.78 is 39.9. The Morgan fingerprint density at radius 1 is 1.11 bits per heavy atom. The maximum Gasteiger partial charge on any atom is 0.471 e. The Balaban J connectivity index is 1.63. The number of hydrogen-bond acceptors (Lipinski definition) is 5. The molecule has 2 aliphatic heterocycles. The first-order valence-electron chi connectivity index (χ1n) is 8.77. The molecular formula is C17H18ClF3N6O. The largest absolute Gasteiger partial charge is 0.471 e. The van der Waals surface area contributed by atoms with Gasteiger partial charge in [-0.25, -0.2) is 0 Å². The normalized spacial score (nSPS) is 17.9. The molecule has 1 aromatic carbocycles. The van der Waals surface area contributed by atoms with Crippen molar-refractivity contribution in [3.8, 4) is 5.69 Å². The number of nitrogens with zero attached hydrogens (tertiary/aromatic N) is 6. The van der Waals surface area contributed by atoms with Crippen LogP contribution in [0.1, 0.15) is 11.4 Å². The standard InChI is InChI=1S/C17H18ClF3N6O/c1-24-9-11-8-12(18)2-3-13(11)27-14(10-24)22-23-16(27)26-6-4-25(5-7-26)15(28)17(19,20)21/h2-3,8H,4-7,9-10H2,1H3. The van der Waals surface area contributed by atoms with Crippen LogP contribution in [0.3, 0.4) is 0 Å². The minimum atomic E-state index is -4.85. The lowest BCUT2D eigenvalue weighted by molar-refractivity contribution is -0.185. The molecule has 4 rings (SSSR count). The Labute approximate surface area is 164 Å². The van der Waals surface area contributed by atoms with E-state index in [0.29, 0.717) is 24.1 Å². The van der Waals surface area contributed by atoms with Gasteiger partial charge in [0.05, 0.1) is 12.2 Å². The number of benzene rings is 1. The van der Waals surface area contributed by atoms with Gasteiger partial charge in [0.25, 0.3) is 0 Å². The van der Waals surface area contributed by atoms with E-state index in [9.17, 15) is 18.0 Å². The van der Waals surface area contributed by atoms with Gasteiger partial charge in [-0.1, -0.05) is 11.6 Å². The number of fused-ring (bicyclic) bond motifs is 3. The van der Waals surface area contributed by atoms with Crippen LogP contribution in [-0.4, -0.2) is 69.9 Å². The zero-order chi connectivity index (χ0) is 20.1. The van der Waals surface area contributed by atoms with Crippen molar-refractivity contribution in [3.63, 3.8) is 0 Å². The van der Waals surface area contributed by atoms with E-state index in [0.717, 1.165) is 22.0 Å². The summed E-state index contributed by atoms with van der Waals surface area (Å²) in [6.45, 7) is 1.72. The summed E-state index contributed by atoms with van der Waals surface area (Å²) in [4.78, 5) is 16.2. The van der Waals surface area contributed by atoms with Gasteiger partial charge < -0.3 is 9.80 Å². The average Bonchev–Trinajstić information content (AvgIpc) is 2.98. The van der Waals surface area contributed by atoms with E-state index in [-0.39, 0.29) is 26.2 Å². The lowest BCUT2D eigenvalue weighted by atomic mass is 10.1. The minimum Gasteiger partial charge on any atom is -0.337 e. The number of alkyl halides is 3. The molecule has 2 aromatic rings. The van der Waals surface area contributed by atoms with E-state index in [4.69, 9.17) is 11.6 Å². The van der Waals surface area contributed by atoms with Crippen molar-refractivity contribution in [2.24, 2.45) is 0 Å². The number of carbonyl (C=O) groups is 1. The second-order valence-corrected chi connectivity index (χ2v) is 7.41. The van der Waals surface area contributed by atoms with Gasteiger partial charge in [0.15, 0.2) is 5.82 Å². The Kier molecular flexibility index (Phi) is 4.70. The van der Waals surface area contributed by atoms with Gasteiger partial charge in [-0.3, -0.25) is 14.3 Å². The molecule has 1 fully saturated rings. The van der Waals surface area contributed by atoms with E-state index in [1.165, 1.54) is 0 Å². The Morgan fingerprint density at radius 2 is 1.82 bits per heavy atom. The Hall–Kier alpha value is -2.33. The molecule has 11 heteroatoms. The fraction of sp³-hybridized carbons (Fsp3) is 0.471. The van der Waals surface area contributed by atoms with Gasteiger partial charge in [0, 0.05) is 37.7 Å². The number of amides is 1. The average molecular weight is 415 g/mol. The molecule has 1 amide bonds. The Morgan fingerprint density at radius 3 is 2.50 bits per heavy atom. The third-order valence-electron chi connectivity index (χ3n) is 4.94. The molecule has 1 saturated heterocycles. The van der Waals surface area contributed by atoms with Crippen molar-refractivity contribution >= 4 is 23.5 Å². The maximum atomic E-state index is 12.7. The third kappa shape index (κ3) is 3.42. The molecule has 0 unspecified atom stereocenters. The quantitative estimate of drug-likeness (QED) is 0.715. The van der Waals surface area contributed by atoms with Crippen molar-refractivity contribution in [2.45, 2.75) is 19.3 Å². The highest BCUT2D eigenvalue weighted by atomic mass is 35.5. The van der Waals surface area contributed by atoms with Crippen LogP contribution in [0.15, 0.2) is 18.2 Å². The fourth-order valence-electron chi connectivity index (χ4n) is 3.64. The second-order valence-electron chi connectivity index (χ2n) is 6.97. The summed E-state index contributed by atoms with van der Waals surface area (Å²) in [5.74, 6) is -0.491. The van der Waals surface area contributed by atoms with Gasteiger partial charge >= 0.3 is 12.1 Å². The number of piperazine rings is 1. The molecule has 0 radical (unpaired) electrons. The number of rotatable bonds is 1. The topological polar surface area (TPSA) is 57.5 Å². The summed E-state index contributed by atoms with van der Waals surface area (Å²) in [5, 5.41) is 9.21. The lowest BCUT2D eigenvalue weighted by Crippen LogP contribution is -2.52. The highest BCUT2D eigenvalue weighted by molar-refractivity contribution is 6.30. The Bertz CT molecular complexity index is 907. The van der Waals surface area contributed by atoms with Crippen molar-refractivity contribution in [3.05, 3.63) is 34.6 Å². The van der Waals surface area contributed by atoms with E-state index >= 15 is 0 Å². The molecule has 2 aliphatic rings. The van der Waals surface area contributed by atoms with Crippen molar-refractivity contribution in [1.82, 2.24) is 24.6 Å². The van der Waals surface area contributed by atoms with Crippen LogP contribution in [0.5, 0.6) is 0 Å². The van der Waals surface area contributed by atoms with Gasteiger partial charge in [0.2, 0.25) is 5.95 Å². The van der Waals surface area contributed by atoms with E-state index < -0.39 is 12.1 Å². The smallest absolute Gasteiger partial charge is 0.337 e. The lowest BCUT2D eigenvalue weighted by Gasteiger charge is -2.35. The maximum absolute atomic E-state index is 12.7. The number of aromatic nitrogens is 3. The summed E-state index contributed by atoms with van der Waals surface area (Å²) >= 11 is 6.15. The molecule has 1 aromatic heterocycles. The second kappa shape index (κ2) is 6.93. The summed E-state index contributed by atoms with van der Waals surface area (Å²) in [7, 11) is 1.97. The summed E-state index contributed by atoms with van der Waals surface area (Å²) in [6.07, 6.45) is -4.85. The highest BCUT2D eigenvalue weighted by Crippen LogP contribution is 2.30. The molecule has 150 valence electrons. The molecule has 0 N–H and O–H groups in total. The molecule has 0 atom stereocenters. The molecule has 0 saturated carbocycles. The molecular weight excluding hydrogens is 397 g/mol. The predicted octanol–water partition coefficient (Wildman–Crippen LogP) is 2.08. The zero-order valence-electron chi connectivity index (χ0n) is 15.1. The first kappa shape index (κ1) is 19.0. The van der Waals surface area contributed by atoms with Gasteiger partial charge in [0.1, 0.15) is 0 Å². The number of halogens is 4. The van der Waals surface area contributed by atoms with Crippen molar-refractivity contribution in [1.29, 1.82) is 0 Å². The van der Waals surface area contributed by atoms with Gasteiger partial charge in [-0.15, -0.1) is 10.2 Å². The SMILES string of the molecule is CN1Cc2cc(Cl)ccc2-n2c(nnc2N2CCN(C(=O)C(F)(F)F)CC2)C1. The first-order valence-corrected chi connectivity index (χ1v) is 9.14. The van der Waals surface area contributed by atoms with Crippen LogP contribution < -0.4 is 4.90 Å². The van der Waals surface area contributed by atoms with Crippen LogP contribution in [-0.2, 0) is 17.9 Å². The highest BCUT2D eigenvalue weighted by Gasteiger charge is 2.43. The number of carbonyl (C=O) groups excluding carboxylic acids is 1. The molecule has 0 spiro atoms. The van der Waals surface area contributed by atoms with Crippen LogP contribution in [0.2, 0.25) is 5.02 Å². The van der Waals surface area contributed by atoms with Crippen LogP contribution >= 0.6 is 11.6 Å². The first-order chi connectivity index (χ1) is 13.2. The van der Waals surface area contributed by atoms with Crippen LogP contribution in [0.4, 0.5) is 19.1 Å². The van der Waals surface area contributed by atoms with Crippen LogP contribution in [0.25, 0.3) is 5.69 Å². The van der Waals surface area contributed by atoms with Gasteiger partial charge in [-0.2, -0.15) is 13.2 Å². The zero-order valence-corrected chi connectivity index (χ0v) is 15.8. The van der Waals surface area contributed by atoms with E-state index in [1.807, 2.05) is 28.6 Å². The van der Waals surface area contributed by atoms with E-state index in [2.05, 4.69) is 15.1 Å². The van der Waals surface area contributed by atoms with E-state index in [1.54, 1.807) is 6.07 Å². The minimum absolute atomic E-state index is 0.0199. The summed E-state index contributed by atoms with van der Waals surface area (Å²) in [6, 6.07) is 5.59. The molecule has 0 bridgehead atoms. The van der Waals surface area contributed by atoms with Crippen molar-refractivity contribution in [2.75, 3.05) is 38.1 Å². The molecule has 28 heavy (non-hydrogen) atoms.